The molecule has 1 N–H and O–H groups in total. The maximum atomic E-state index is 6.22. The predicted molar refractivity (Wildman–Crippen MR) is 121 cm³/mol. The first kappa shape index (κ1) is 21.4. The lowest BCUT2D eigenvalue weighted by Crippen LogP contribution is -2.25. The van der Waals surface area contributed by atoms with Gasteiger partial charge in [-0.3, -0.25) is 4.57 Å². The van der Waals surface area contributed by atoms with E-state index in [-0.39, 0.29) is 18.5 Å². The van der Waals surface area contributed by atoms with Crippen molar-refractivity contribution >= 4 is 35.6 Å². The van der Waals surface area contributed by atoms with Gasteiger partial charge in [0.25, 0.3) is 0 Å². The van der Waals surface area contributed by atoms with E-state index in [2.05, 4.69) is 26.1 Å². The predicted octanol–water partition coefficient (Wildman–Crippen LogP) is 5.70. The van der Waals surface area contributed by atoms with Crippen molar-refractivity contribution in [2.45, 2.75) is 50.8 Å². The molecule has 0 radical (unpaired) electrons. The molecule has 8 heteroatoms. The molecule has 2 aliphatic rings. The molecule has 0 atom stereocenters. The Kier molecular flexibility index (Phi) is 6.54. The molecule has 5 nitrogen and oxygen atoms in total. The lowest BCUT2D eigenvalue weighted by molar-refractivity contribution is 0.144. The summed E-state index contributed by atoms with van der Waals surface area (Å²) in [6.07, 6.45) is 4.25. The normalized spacial score (nSPS) is 20.5. The van der Waals surface area contributed by atoms with Crippen LogP contribution in [0.1, 0.15) is 48.8 Å². The largest absolute Gasteiger partial charge is 0.490 e. The lowest BCUT2D eigenvalue weighted by Gasteiger charge is -2.29. The molecule has 1 saturated carbocycles. The van der Waals surface area contributed by atoms with Crippen LogP contribution in [0.15, 0.2) is 42.5 Å². The SMILES string of the molecule is Cl.Clc1cccc(O[C@H]2CC[C@H](c3nnc4n3-c3ccc(Cl)cc3CNC4)CC2)c1. The summed E-state index contributed by atoms with van der Waals surface area (Å²) in [6, 6.07) is 13.7. The van der Waals surface area contributed by atoms with Crippen LogP contribution in [0.2, 0.25) is 10.0 Å². The fourth-order valence-corrected chi connectivity index (χ4v) is 4.74. The Balaban J connectivity index is 0.00000218. The van der Waals surface area contributed by atoms with Crippen LogP contribution in [0.5, 0.6) is 5.75 Å². The second-order valence-electron chi connectivity index (χ2n) is 7.74. The number of nitrogens with zero attached hydrogens (tertiary/aromatic N) is 3. The molecule has 2 aromatic carbocycles. The maximum absolute atomic E-state index is 6.22. The van der Waals surface area contributed by atoms with Gasteiger partial charge in [-0.25, -0.2) is 0 Å². The third-order valence-corrected chi connectivity index (χ3v) is 6.24. The molecule has 1 aromatic heterocycles. The van der Waals surface area contributed by atoms with E-state index in [4.69, 9.17) is 27.9 Å². The highest BCUT2D eigenvalue weighted by Gasteiger charge is 2.30. The van der Waals surface area contributed by atoms with Crippen molar-refractivity contribution in [2.75, 3.05) is 0 Å². The number of fused-ring (bicyclic) bond motifs is 3. The molecule has 0 saturated heterocycles. The van der Waals surface area contributed by atoms with Gasteiger partial charge >= 0.3 is 0 Å². The van der Waals surface area contributed by atoms with Gasteiger partial charge in [-0.05, 0) is 67.6 Å². The molecular formula is C22H23Cl3N4O. The smallest absolute Gasteiger partial charge is 0.151 e. The van der Waals surface area contributed by atoms with Crippen LogP contribution in [0.4, 0.5) is 0 Å². The highest BCUT2D eigenvalue weighted by molar-refractivity contribution is 6.31. The van der Waals surface area contributed by atoms with E-state index in [1.165, 1.54) is 5.56 Å². The van der Waals surface area contributed by atoms with Crippen molar-refractivity contribution in [1.82, 2.24) is 20.1 Å². The summed E-state index contributed by atoms with van der Waals surface area (Å²) in [7, 11) is 0. The van der Waals surface area contributed by atoms with Crippen LogP contribution < -0.4 is 10.1 Å². The highest BCUT2D eigenvalue weighted by atomic mass is 35.5. The number of rotatable bonds is 3. The number of hydrogen-bond acceptors (Lipinski definition) is 4. The zero-order valence-corrected chi connectivity index (χ0v) is 18.7. The quantitative estimate of drug-likeness (QED) is 0.539. The summed E-state index contributed by atoms with van der Waals surface area (Å²) in [5.74, 6) is 3.22. The zero-order valence-electron chi connectivity index (χ0n) is 16.4. The second kappa shape index (κ2) is 9.15. The van der Waals surface area contributed by atoms with Gasteiger partial charge in [0.05, 0.1) is 18.3 Å². The molecule has 30 heavy (non-hydrogen) atoms. The van der Waals surface area contributed by atoms with E-state index in [1.807, 2.05) is 36.4 Å². The van der Waals surface area contributed by atoms with Crippen LogP contribution >= 0.6 is 35.6 Å². The van der Waals surface area contributed by atoms with E-state index in [0.717, 1.165) is 60.3 Å². The number of aromatic nitrogens is 3. The van der Waals surface area contributed by atoms with E-state index in [1.54, 1.807) is 0 Å². The standard InChI is InChI=1S/C22H22Cl2N4O.ClH/c23-16-2-1-3-19(11-16)29-18-7-4-14(5-8-18)22-27-26-21-13-25-12-15-10-17(24)6-9-20(15)28(21)22;/h1-3,6,9-11,14,18,25H,4-5,7-8,12-13H2;1H/t14-,18-;. The molecule has 5 rings (SSSR count). The topological polar surface area (TPSA) is 52.0 Å². The first-order chi connectivity index (χ1) is 14.2. The lowest BCUT2D eigenvalue weighted by atomic mass is 9.86. The molecule has 3 aromatic rings. The third kappa shape index (κ3) is 4.30. The van der Waals surface area contributed by atoms with Crippen molar-refractivity contribution in [3.8, 4) is 11.4 Å². The molecule has 0 bridgehead atoms. The Morgan fingerprint density at radius 3 is 2.53 bits per heavy atom. The van der Waals surface area contributed by atoms with Crippen LogP contribution in [0.3, 0.4) is 0 Å². The van der Waals surface area contributed by atoms with Crippen molar-refractivity contribution < 1.29 is 4.74 Å². The van der Waals surface area contributed by atoms with Crippen molar-refractivity contribution in [1.29, 1.82) is 0 Å². The molecule has 0 unspecified atom stereocenters. The molecule has 2 heterocycles. The Labute approximate surface area is 192 Å². The summed E-state index contributed by atoms with van der Waals surface area (Å²) in [5, 5.41) is 14.0. The van der Waals surface area contributed by atoms with E-state index >= 15 is 0 Å². The van der Waals surface area contributed by atoms with Gasteiger partial charge in [-0.1, -0.05) is 29.3 Å². The Bertz CT molecular complexity index is 1030. The number of hydrogen-bond donors (Lipinski definition) is 1. The van der Waals surface area contributed by atoms with Gasteiger partial charge in [0.1, 0.15) is 11.6 Å². The van der Waals surface area contributed by atoms with Gasteiger partial charge in [-0.2, -0.15) is 0 Å². The van der Waals surface area contributed by atoms with Crippen molar-refractivity contribution in [2.24, 2.45) is 0 Å². The summed E-state index contributed by atoms with van der Waals surface area (Å²) in [4.78, 5) is 0. The first-order valence-corrected chi connectivity index (χ1v) is 10.8. The number of ether oxygens (including phenoxy) is 1. The summed E-state index contributed by atoms with van der Waals surface area (Å²) in [5.41, 5.74) is 2.31. The second-order valence-corrected chi connectivity index (χ2v) is 8.61. The molecular weight excluding hydrogens is 443 g/mol. The van der Waals surface area contributed by atoms with Gasteiger partial charge in [0.2, 0.25) is 0 Å². The van der Waals surface area contributed by atoms with Crippen LogP contribution in [-0.2, 0) is 13.1 Å². The fourth-order valence-electron chi connectivity index (χ4n) is 4.37. The van der Waals surface area contributed by atoms with E-state index in [9.17, 15) is 0 Å². The van der Waals surface area contributed by atoms with Crippen molar-refractivity contribution in [3.63, 3.8) is 0 Å². The number of benzene rings is 2. The Morgan fingerprint density at radius 1 is 0.933 bits per heavy atom. The molecule has 1 aliphatic carbocycles. The highest BCUT2D eigenvalue weighted by Crippen LogP contribution is 2.36. The third-order valence-electron chi connectivity index (χ3n) is 5.77. The molecule has 1 fully saturated rings. The summed E-state index contributed by atoms with van der Waals surface area (Å²) in [6.45, 7) is 1.48. The Morgan fingerprint density at radius 2 is 1.73 bits per heavy atom. The van der Waals surface area contributed by atoms with E-state index in [0.29, 0.717) is 17.5 Å². The minimum absolute atomic E-state index is 0. The van der Waals surface area contributed by atoms with Gasteiger partial charge < -0.3 is 10.1 Å². The van der Waals surface area contributed by atoms with Crippen LogP contribution in [-0.4, -0.2) is 20.9 Å². The average Bonchev–Trinajstić information content (AvgIpc) is 3.04. The summed E-state index contributed by atoms with van der Waals surface area (Å²) >= 11 is 12.3. The van der Waals surface area contributed by atoms with Gasteiger partial charge in [-0.15, -0.1) is 22.6 Å². The minimum Gasteiger partial charge on any atom is -0.490 e. The average molecular weight is 466 g/mol. The molecule has 0 spiro atoms. The first-order valence-electron chi connectivity index (χ1n) is 10.0. The fraction of sp³-hybridized carbons (Fsp3) is 0.364. The van der Waals surface area contributed by atoms with Crippen LogP contribution in [0.25, 0.3) is 5.69 Å². The number of nitrogens with one attached hydrogen (secondary N) is 1. The van der Waals surface area contributed by atoms with Crippen molar-refractivity contribution in [3.05, 3.63) is 69.7 Å². The van der Waals surface area contributed by atoms with E-state index < -0.39 is 0 Å². The number of halogens is 3. The van der Waals surface area contributed by atoms with Crippen LogP contribution in [0, 0.1) is 0 Å². The molecule has 1 aliphatic heterocycles. The van der Waals surface area contributed by atoms with Gasteiger partial charge in [0.15, 0.2) is 5.82 Å². The minimum atomic E-state index is 0. The monoisotopic (exact) mass is 464 g/mol. The zero-order chi connectivity index (χ0) is 19.8. The molecule has 158 valence electrons. The Hall–Kier alpha value is -1.79. The molecule has 0 amide bonds. The summed E-state index contributed by atoms with van der Waals surface area (Å²) < 4.78 is 8.38. The maximum Gasteiger partial charge on any atom is 0.151 e. The van der Waals surface area contributed by atoms with Gasteiger partial charge in [0, 0.05) is 22.5 Å².